The summed E-state index contributed by atoms with van der Waals surface area (Å²) in [6, 6.07) is 10.3. The van der Waals surface area contributed by atoms with E-state index in [1.54, 1.807) is 24.3 Å². The van der Waals surface area contributed by atoms with E-state index >= 15 is 0 Å². The Balaban J connectivity index is 1.86. The van der Waals surface area contributed by atoms with Gasteiger partial charge in [-0.15, -0.1) is 0 Å². The Morgan fingerprint density at radius 3 is 2.95 bits per heavy atom. The molecule has 0 saturated carbocycles. The number of halogens is 1. The van der Waals surface area contributed by atoms with Crippen LogP contribution in [0.5, 0.6) is 0 Å². The summed E-state index contributed by atoms with van der Waals surface area (Å²) >= 11 is 7.32. The van der Waals surface area contributed by atoms with E-state index in [1.807, 2.05) is 12.1 Å². The molecule has 0 unspecified atom stereocenters. The van der Waals surface area contributed by atoms with E-state index in [-0.39, 0.29) is 5.56 Å². The van der Waals surface area contributed by atoms with Gasteiger partial charge in [-0.05, 0) is 29.8 Å². The predicted octanol–water partition coefficient (Wildman–Crippen LogP) is 3.66. The lowest BCUT2D eigenvalue weighted by Crippen LogP contribution is -2.03. The van der Waals surface area contributed by atoms with Gasteiger partial charge in [0.25, 0.3) is 0 Å². The third kappa shape index (κ3) is 2.81. The van der Waals surface area contributed by atoms with Crippen LogP contribution in [0.4, 0.5) is 5.69 Å². The average Bonchev–Trinajstić information content (AvgIpc) is 2.95. The van der Waals surface area contributed by atoms with Gasteiger partial charge < -0.3 is 10.4 Å². The van der Waals surface area contributed by atoms with Crippen molar-refractivity contribution >= 4 is 46.0 Å². The minimum Gasteiger partial charge on any atom is -0.478 e. The molecular formula is C14H10ClN3O2S. The Hall–Kier alpha value is -2.18. The zero-order valence-electron chi connectivity index (χ0n) is 10.7. The molecule has 1 heterocycles. The standard InChI is InChI=1S/C14H10ClN3O2S/c15-10-4-5-11-13(18-21-17-11)12(10)16-7-8-2-1-3-9(6-8)14(19)20/h1-6,16H,7H2,(H,19,20). The molecule has 0 spiro atoms. The Labute approximate surface area is 129 Å². The minimum atomic E-state index is -0.944. The topological polar surface area (TPSA) is 75.1 Å². The molecule has 0 fully saturated rings. The second kappa shape index (κ2) is 5.67. The van der Waals surface area contributed by atoms with E-state index in [0.717, 1.165) is 28.3 Å². The third-order valence-corrected chi connectivity index (χ3v) is 3.88. The molecule has 3 aromatic rings. The zero-order chi connectivity index (χ0) is 14.8. The number of fused-ring (bicyclic) bond motifs is 1. The van der Waals surface area contributed by atoms with Gasteiger partial charge >= 0.3 is 5.97 Å². The van der Waals surface area contributed by atoms with Crippen LogP contribution >= 0.6 is 23.3 Å². The smallest absolute Gasteiger partial charge is 0.335 e. The fourth-order valence-corrected chi connectivity index (χ4v) is 2.76. The Morgan fingerprint density at radius 1 is 1.29 bits per heavy atom. The predicted molar refractivity (Wildman–Crippen MR) is 83.2 cm³/mol. The van der Waals surface area contributed by atoms with Crippen LogP contribution in [0.3, 0.4) is 0 Å². The Morgan fingerprint density at radius 2 is 2.14 bits per heavy atom. The number of rotatable bonds is 4. The molecule has 5 nitrogen and oxygen atoms in total. The van der Waals surface area contributed by atoms with Crippen molar-refractivity contribution in [1.29, 1.82) is 0 Å². The van der Waals surface area contributed by atoms with E-state index in [2.05, 4.69) is 14.1 Å². The number of carbonyl (C=O) groups is 1. The number of aromatic carboxylic acids is 1. The van der Waals surface area contributed by atoms with E-state index < -0.39 is 5.97 Å². The van der Waals surface area contributed by atoms with Crippen LogP contribution in [0.25, 0.3) is 11.0 Å². The number of nitrogens with one attached hydrogen (secondary N) is 1. The first kappa shape index (κ1) is 13.8. The number of hydrogen-bond acceptors (Lipinski definition) is 5. The summed E-state index contributed by atoms with van der Waals surface area (Å²) in [7, 11) is 0. The zero-order valence-corrected chi connectivity index (χ0v) is 12.3. The van der Waals surface area contributed by atoms with Gasteiger partial charge in [0.05, 0.1) is 28.0 Å². The number of carboxylic acid groups (broad SMARTS) is 1. The summed E-state index contributed by atoms with van der Waals surface area (Å²) < 4.78 is 8.39. The van der Waals surface area contributed by atoms with Crippen molar-refractivity contribution in [2.24, 2.45) is 0 Å². The molecule has 0 radical (unpaired) electrons. The highest BCUT2D eigenvalue weighted by Crippen LogP contribution is 2.30. The highest BCUT2D eigenvalue weighted by Gasteiger charge is 2.10. The molecule has 3 rings (SSSR count). The van der Waals surface area contributed by atoms with E-state index in [0.29, 0.717) is 17.3 Å². The van der Waals surface area contributed by atoms with Gasteiger partial charge in [-0.3, -0.25) is 0 Å². The van der Waals surface area contributed by atoms with Crippen molar-refractivity contribution in [1.82, 2.24) is 8.75 Å². The fraction of sp³-hybridized carbons (Fsp3) is 0.0714. The van der Waals surface area contributed by atoms with Gasteiger partial charge in [0.2, 0.25) is 0 Å². The molecule has 0 atom stereocenters. The summed E-state index contributed by atoms with van der Waals surface area (Å²) in [5, 5.41) is 12.8. The summed E-state index contributed by atoms with van der Waals surface area (Å²) in [4.78, 5) is 11.0. The van der Waals surface area contributed by atoms with Crippen molar-refractivity contribution in [2.45, 2.75) is 6.54 Å². The number of aromatic nitrogens is 2. The van der Waals surface area contributed by atoms with Gasteiger partial charge in [0.15, 0.2) is 0 Å². The molecule has 1 aromatic heterocycles. The van der Waals surface area contributed by atoms with Gasteiger partial charge in [-0.1, -0.05) is 23.7 Å². The molecular weight excluding hydrogens is 310 g/mol. The van der Waals surface area contributed by atoms with Crippen molar-refractivity contribution in [2.75, 3.05) is 5.32 Å². The van der Waals surface area contributed by atoms with Crippen molar-refractivity contribution in [3.8, 4) is 0 Å². The van der Waals surface area contributed by atoms with E-state index in [9.17, 15) is 4.79 Å². The summed E-state index contributed by atoms with van der Waals surface area (Å²) in [5.74, 6) is -0.944. The van der Waals surface area contributed by atoms with E-state index in [4.69, 9.17) is 16.7 Å². The third-order valence-electron chi connectivity index (χ3n) is 3.02. The fourth-order valence-electron chi connectivity index (χ4n) is 2.00. The normalized spacial score (nSPS) is 10.7. The van der Waals surface area contributed by atoms with Gasteiger partial charge in [0.1, 0.15) is 11.0 Å². The number of carboxylic acids is 1. The molecule has 106 valence electrons. The molecule has 0 aliphatic rings. The lowest BCUT2D eigenvalue weighted by atomic mass is 10.1. The van der Waals surface area contributed by atoms with Gasteiger partial charge in [0, 0.05) is 6.54 Å². The number of hydrogen-bond donors (Lipinski definition) is 2. The number of anilines is 1. The Bertz CT molecular complexity index is 819. The minimum absolute atomic E-state index is 0.258. The van der Waals surface area contributed by atoms with Crippen molar-refractivity contribution in [3.63, 3.8) is 0 Å². The highest BCUT2D eigenvalue weighted by atomic mass is 35.5. The SMILES string of the molecule is O=C(O)c1cccc(CNc2c(Cl)ccc3nsnc23)c1. The van der Waals surface area contributed by atoms with Crippen molar-refractivity contribution < 1.29 is 9.90 Å². The molecule has 2 aromatic carbocycles. The quantitative estimate of drug-likeness (QED) is 0.767. The maximum atomic E-state index is 11.0. The first-order valence-electron chi connectivity index (χ1n) is 6.12. The molecule has 0 bridgehead atoms. The van der Waals surface area contributed by atoms with Gasteiger partial charge in [-0.2, -0.15) is 8.75 Å². The highest BCUT2D eigenvalue weighted by molar-refractivity contribution is 7.00. The maximum absolute atomic E-state index is 11.0. The molecule has 0 aliphatic heterocycles. The monoisotopic (exact) mass is 319 g/mol. The second-order valence-electron chi connectivity index (χ2n) is 4.41. The maximum Gasteiger partial charge on any atom is 0.335 e. The van der Waals surface area contributed by atoms with Crippen LogP contribution in [-0.4, -0.2) is 19.8 Å². The molecule has 21 heavy (non-hydrogen) atoms. The number of benzene rings is 2. The van der Waals surface area contributed by atoms with Crippen molar-refractivity contribution in [3.05, 3.63) is 52.5 Å². The van der Waals surface area contributed by atoms with Crippen LogP contribution in [0.1, 0.15) is 15.9 Å². The molecule has 7 heteroatoms. The van der Waals surface area contributed by atoms with Crippen LogP contribution in [0.15, 0.2) is 36.4 Å². The summed E-state index contributed by atoms with van der Waals surface area (Å²) in [5.41, 5.74) is 3.33. The first-order chi connectivity index (χ1) is 10.1. The lowest BCUT2D eigenvalue weighted by Gasteiger charge is -2.09. The molecule has 0 aliphatic carbocycles. The Kier molecular flexibility index (Phi) is 3.72. The van der Waals surface area contributed by atoms with Crippen LogP contribution < -0.4 is 5.32 Å². The number of nitrogens with zero attached hydrogens (tertiary/aromatic N) is 2. The van der Waals surface area contributed by atoms with E-state index in [1.165, 1.54) is 0 Å². The van der Waals surface area contributed by atoms with Crippen LogP contribution in [-0.2, 0) is 6.54 Å². The average molecular weight is 320 g/mol. The lowest BCUT2D eigenvalue weighted by molar-refractivity contribution is 0.0697. The molecule has 2 N–H and O–H groups in total. The van der Waals surface area contributed by atoms with Gasteiger partial charge in [-0.25, -0.2) is 4.79 Å². The molecule has 0 saturated heterocycles. The van der Waals surface area contributed by atoms with Crippen LogP contribution in [0.2, 0.25) is 5.02 Å². The largest absolute Gasteiger partial charge is 0.478 e. The second-order valence-corrected chi connectivity index (χ2v) is 5.35. The molecule has 0 amide bonds. The summed E-state index contributed by atoms with van der Waals surface area (Å²) in [6.45, 7) is 0.456. The summed E-state index contributed by atoms with van der Waals surface area (Å²) in [6.07, 6.45) is 0. The van der Waals surface area contributed by atoms with Crippen LogP contribution in [0, 0.1) is 0 Å². The first-order valence-corrected chi connectivity index (χ1v) is 7.23.